The summed E-state index contributed by atoms with van der Waals surface area (Å²) in [4.78, 5) is 12.5. The van der Waals surface area contributed by atoms with E-state index in [1.54, 1.807) is 30.3 Å². The summed E-state index contributed by atoms with van der Waals surface area (Å²) < 4.78 is 40.6. The highest BCUT2D eigenvalue weighted by Crippen LogP contribution is 2.25. The van der Waals surface area contributed by atoms with Crippen LogP contribution in [-0.2, 0) is 14.8 Å². The van der Waals surface area contributed by atoms with Crippen LogP contribution in [-0.4, -0.2) is 20.9 Å². The van der Waals surface area contributed by atoms with Crippen LogP contribution in [0.25, 0.3) is 0 Å². The molecule has 1 N–H and O–H groups in total. The van der Waals surface area contributed by atoms with E-state index in [-0.39, 0.29) is 15.6 Å². The van der Waals surface area contributed by atoms with E-state index in [0.29, 0.717) is 10.7 Å². The van der Waals surface area contributed by atoms with Crippen LogP contribution in [0, 0.1) is 5.82 Å². The molecule has 150 valence electrons. The monoisotopic (exact) mass is 452 g/mol. The van der Waals surface area contributed by atoms with Crippen molar-refractivity contribution in [1.29, 1.82) is 0 Å². The number of nitrogens with zero attached hydrogens (tertiary/aromatic N) is 1. The molecule has 3 aromatic rings. The van der Waals surface area contributed by atoms with E-state index in [1.807, 2.05) is 0 Å². The number of carbonyl (C=O) groups excluding carboxylic acids is 1. The fraction of sp³-hybridized carbons (Fsp3) is 0.0500. The van der Waals surface area contributed by atoms with Gasteiger partial charge in [-0.05, 0) is 54.6 Å². The first-order chi connectivity index (χ1) is 13.8. The standard InChI is InChI=1S/C20H15Cl2FN2O3S/c21-14-6-9-17(10-7-14)29(27,28)25(16-4-2-1-3-5-16)13-20(26)24-15-8-11-19(23)18(22)12-15/h1-12H,13H2,(H,24,26). The summed E-state index contributed by atoms with van der Waals surface area (Å²) in [7, 11) is -4.05. The lowest BCUT2D eigenvalue weighted by atomic mass is 10.3. The SMILES string of the molecule is O=C(CN(c1ccccc1)S(=O)(=O)c1ccc(Cl)cc1)Nc1ccc(F)c(Cl)c1. The van der Waals surface area contributed by atoms with E-state index in [4.69, 9.17) is 23.2 Å². The largest absolute Gasteiger partial charge is 0.324 e. The van der Waals surface area contributed by atoms with Gasteiger partial charge in [0.05, 0.1) is 15.6 Å². The van der Waals surface area contributed by atoms with Crippen LogP contribution in [0.15, 0.2) is 77.7 Å². The molecule has 0 fully saturated rings. The molecule has 0 aromatic heterocycles. The minimum Gasteiger partial charge on any atom is -0.324 e. The van der Waals surface area contributed by atoms with Crippen molar-refractivity contribution >= 4 is 50.5 Å². The lowest BCUT2D eigenvalue weighted by Crippen LogP contribution is -2.38. The first-order valence-electron chi connectivity index (χ1n) is 8.35. The van der Waals surface area contributed by atoms with Crippen molar-refractivity contribution in [3.05, 3.63) is 88.7 Å². The Kier molecular flexibility index (Phi) is 6.42. The van der Waals surface area contributed by atoms with Gasteiger partial charge in [-0.3, -0.25) is 9.10 Å². The third-order valence-electron chi connectivity index (χ3n) is 3.94. The lowest BCUT2D eigenvalue weighted by molar-refractivity contribution is -0.114. The molecule has 9 heteroatoms. The molecular formula is C20H15Cl2FN2O3S. The van der Waals surface area contributed by atoms with E-state index in [9.17, 15) is 17.6 Å². The summed E-state index contributed by atoms with van der Waals surface area (Å²) >= 11 is 11.6. The highest BCUT2D eigenvalue weighted by Gasteiger charge is 2.27. The van der Waals surface area contributed by atoms with Crippen molar-refractivity contribution in [3.8, 4) is 0 Å². The molecule has 0 heterocycles. The molecular weight excluding hydrogens is 438 g/mol. The number of nitrogens with one attached hydrogen (secondary N) is 1. The smallest absolute Gasteiger partial charge is 0.264 e. The Bertz CT molecular complexity index is 1120. The molecule has 0 bridgehead atoms. The summed E-state index contributed by atoms with van der Waals surface area (Å²) in [6, 6.07) is 17.6. The number of benzene rings is 3. The Morgan fingerprint density at radius 1 is 0.966 bits per heavy atom. The second-order valence-corrected chi connectivity index (χ2v) is 8.68. The Morgan fingerprint density at radius 3 is 2.24 bits per heavy atom. The number of anilines is 2. The van der Waals surface area contributed by atoms with Gasteiger partial charge in [0, 0.05) is 10.7 Å². The molecule has 3 aromatic carbocycles. The zero-order valence-corrected chi connectivity index (χ0v) is 17.2. The summed E-state index contributed by atoms with van der Waals surface area (Å²) in [6.07, 6.45) is 0. The highest BCUT2D eigenvalue weighted by molar-refractivity contribution is 7.92. The molecule has 1 amide bonds. The Morgan fingerprint density at radius 2 is 1.62 bits per heavy atom. The molecule has 3 rings (SSSR count). The second-order valence-electron chi connectivity index (χ2n) is 5.98. The molecule has 0 saturated heterocycles. The van der Waals surface area contributed by atoms with Crippen LogP contribution in [0.1, 0.15) is 0 Å². The molecule has 0 unspecified atom stereocenters. The van der Waals surface area contributed by atoms with Gasteiger partial charge in [0.25, 0.3) is 10.0 Å². The molecule has 0 radical (unpaired) electrons. The summed E-state index contributed by atoms with van der Waals surface area (Å²) in [5.74, 6) is -1.24. The Balaban J connectivity index is 1.91. The summed E-state index contributed by atoms with van der Waals surface area (Å²) in [5, 5.41) is 2.76. The number of para-hydroxylation sites is 1. The van der Waals surface area contributed by atoms with Crippen LogP contribution in [0.3, 0.4) is 0 Å². The van der Waals surface area contributed by atoms with Gasteiger partial charge < -0.3 is 5.32 Å². The average Bonchev–Trinajstić information content (AvgIpc) is 2.70. The minimum absolute atomic E-state index is 0.0108. The van der Waals surface area contributed by atoms with Crippen LogP contribution in [0.5, 0.6) is 0 Å². The van der Waals surface area contributed by atoms with Crippen molar-refractivity contribution in [2.45, 2.75) is 4.90 Å². The summed E-state index contributed by atoms with van der Waals surface area (Å²) in [6.45, 7) is -0.496. The zero-order valence-electron chi connectivity index (χ0n) is 14.8. The third kappa shape index (κ3) is 5.06. The van der Waals surface area contributed by atoms with E-state index < -0.39 is 28.3 Å². The predicted molar refractivity (Wildman–Crippen MR) is 112 cm³/mol. The van der Waals surface area contributed by atoms with Crippen molar-refractivity contribution < 1.29 is 17.6 Å². The van der Waals surface area contributed by atoms with Crippen LogP contribution in [0.2, 0.25) is 10.0 Å². The van der Waals surface area contributed by atoms with Gasteiger partial charge in [-0.1, -0.05) is 41.4 Å². The lowest BCUT2D eigenvalue weighted by Gasteiger charge is -2.24. The zero-order chi connectivity index (χ0) is 21.0. The topological polar surface area (TPSA) is 66.5 Å². The molecule has 0 aliphatic heterocycles. The quantitative estimate of drug-likeness (QED) is 0.574. The Labute approximate surface area is 177 Å². The van der Waals surface area contributed by atoms with E-state index in [1.165, 1.54) is 36.4 Å². The number of sulfonamides is 1. The first kappa shape index (κ1) is 21.1. The van der Waals surface area contributed by atoms with Crippen LogP contribution < -0.4 is 9.62 Å². The third-order valence-corrected chi connectivity index (χ3v) is 6.27. The van der Waals surface area contributed by atoms with Gasteiger partial charge in [-0.2, -0.15) is 0 Å². The number of rotatable bonds is 6. The van der Waals surface area contributed by atoms with Crippen molar-refractivity contribution in [3.63, 3.8) is 0 Å². The fourth-order valence-corrected chi connectivity index (χ4v) is 4.28. The maximum atomic E-state index is 13.3. The highest BCUT2D eigenvalue weighted by atomic mass is 35.5. The van der Waals surface area contributed by atoms with E-state index in [2.05, 4.69) is 5.32 Å². The molecule has 0 saturated carbocycles. The van der Waals surface area contributed by atoms with Gasteiger partial charge >= 0.3 is 0 Å². The number of halogens is 3. The molecule has 29 heavy (non-hydrogen) atoms. The maximum Gasteiger partial charge on any atom is 0.264 e. The van der Waals surface area contributed by atoms with E-state index in [0.717, 1.165) is 10.4 Å². The second kappa shape index (κ2) is 8.82. The van der Waals surface area contributed by atoms with Crippen LogP contribution in [0.4, 0.5) is 15.8 Å². The van der Waals surface area contributed by atoms with Crippen molar-refractivity contribution in [2.75, 3.05) is 16.2 Å². The number of hydrogen-bond donors (Lipinski definition) is 1. The summed E-state index contributed by atoms with van der Waals surface area (Å²) in [5.41, 5.74) is 0.563. The molecule has 0 aliphatic rings. The number of carbonyl (C=O) groups is 1. The molecule has 5 nitrogen and oxygen atoms in total. The van der Waals surface area contributed by atoms with E-state index >= 15 is 0 Å². The van der Waals surface area contributed by atoms with Gasteiger partial charge in [0.2, 0.25) is 5.91 Å². The number of hydrogen-bond acceptors (Lipinski definition) is 3. The normalized spacial score (nSPS) is 11.1. The molecule has 0 atom stereocenters. The first-order valence-corrected chi connectivity index (χ1v) is 10.6. The van der Waals surface area contributed by atoms with Gasteiger partial charge in [-0.25, -0.2) is 12.8 Å². The fourth-order valence-electron chi connectivity index (χ4n) is 2.55. The van der Waals surface area contributed by atoms with Gasteiger partial charge in [0.1, 0.15) is 12.4 Å². The maximum absolute atomic E-state index is 13.3. The molecule has 0 aliphatic carbocycles. The Hall–Kier alpha value is -2.61. The average molecular weight is 453 g/mol. The predicted octanol–water partition coefficient (Wildman–Crippen LogP) is 4.97. The molecule has 0 spiro atoms. The van der Waals surface area contributed by atoms with Crippen molar-refractivity contribution in [2.24, 2.45) is 0 Å². The number of amides is 1. The van der Waals surface area contributed by atoms with Crippen molar-refractivity contribution in [1.82, 2.24) is 0 Å². The van der Waals surface area contributed by atoms with Gasteiger partial charge in [0.15, 0.2) is 0 Å². The van der Waals surface area contributed by atoms with Crippen LogP contribution >= 0.6 is 23.2 Å². The van der Waals surface area contributed by atoms with Gasteiger partial charge in [-0.15, -0.1) is 0 Å². The minimum atomic E-state index is -4.05.